The Morgan fingerprint density at radius 3 is 2.73 bits per heavy atom. The molecule has 84 valence electrons. The summed E-state index contributed by atoms with van der Waals surface area (Å²) in [6.45, 7) is 5.20. The Kier molecular flexibility index (Phi) is 5.06. The first kappa shape index (κ1) is 13.0. The fourth-order valence-corrected chi connectivity index (χ4v) is 2.26. The van der Waals surface area contributed by atoms with Crippen LogP contribution >= 0.6 is 31.9 Å². The van der Waals surface area contributed by atoms with Crippen molar-refractivity contribution in [2.45, 2.75) is 25.1 Å². The average Bonchev–Trinajstić information content (AvgIpc) is 2.14. The Morgan fingerprint density at radius 1 is 1.53 bits per heavy atom. The molecule has 1 heterocycles. The summed E-state index contributed by atoms with van der Waals surface area (Å²) in [6, 6.07) is 2.09. The molecule has 1 rings (SSSR count). The fourth-order valence-electron chi connectivity index (χ4n) is 1.28. The summed E-state index contributed by atoms with van der Waals surface area (Å²) in [6.07, 6.45) is 3.01. The number of aryl methyl sites for hydroxylation is 1. The van der Waals surface area contributed by atoms with E-state index in [-0.39, 0.29) is 0 Å². The Morgan fingerprint density at radius 2 is 2.20 bits per heavy atom. The topological polar surface area (TPSA) is 16.1 Å². The van der Waals surface area contributed by atoms with Crippen molar-refractivity contribution >= 4 is 37.7 Å². The zero-order valence-electron chi connectivity index (χ0n) is 9.30. The standard InChI is InChI=1S/C11H16Br2N2/c1-8-6-10(13)11(14-7-8)15(3)5-4-9(2)12/h6-7,9H,4-5H2,1-3H3. The number of halogens is 2. The summed E-state index contributed by atoms with van der Waals surface area (Å²) in [5.41, 5.74) is 1.17. The summed E-state index contributed by atoms with van der Waals surface area (Å²) in [5, 5.41) is 0. The van der Waals surface area contributed by atoms with Crippen molar-refractivity contribution in [3.05, 3.63) is 22.3 Å². The van der Waals surface area contributed by atoms with Gasteiger partial charge in [-0.05, 0) is 40.9 Å². The quantitative estimate of drug-likeness (QED) is 0.779. The third kappa shape index (κ3) is 4.11. The van der Waals surface area contributed by atoms with Gasteiger partial charge in [-0.2, -0.15) is 0 Å². The lowest BCUT2D eigenvalue weighted by Crippen LogP contribution is -2.21. The van der Waals surface area contributed by atoms with E-state index in [0.29, 0.717) is 4.83 Å². The van der Waals surface area contributed by atoms with Crippen molar-refractivity contribution < 1.29 is 0 Å². The number of pyridine rings is 1. The van der Waals surface area contributed by atoms with Gasteiger partial charge in [0, 0.05) is 24.6 Å². The number of nitrogens with zero attached hydrogens (tertiary/aromatic N) is 2. The Balaban J connectivity index is 2.69. The molecule has 0 spiro atoms. The van der Waals surface area contributed by atoms with E-state index in [2.05, 4.69) is 61.8 Å². The number of hydrogen-bond donors (Lipinski definition) is 0. The third-order valence-electron chi connectivity index (χ3n) is 2.18. The minimum absolute atomic E-state index is 0.546. The van der Waals surface area contributed by atoms with E-state index >= 15 is 0 Å². The second-order valence-electron chi connectivity index (χ2n) is 3.81. The number of hydrogen-bond acceptors (Lipinski definition) is 2. The summed E-state index contributed by atoms with van der Waals surface area (Å²) in [5.74, 6) is 1.01. The summed E-state index contributed by atoms with van der Waals surface area (Å²) >= 11 is 7.09. The zero-order valence-corrected chi connectivity index (χ0v) is 12.5. The first-order valence-electron chi connectivity index (χ1n) is 4.98. The van der Waals surface area contributed by atoms with E-state index in [0.717, 1.165) is 23.3 Å². The highest BCUT2D eigenvalue weighted by Gasteiger charge is 2.08. The van der Waals surface area contributed by atoms with E-state index in [4.69, 9.17) is 0 Å². The van der Waals surface area contributed by atoms with Gasteiger partial charge < -0.3 is 4.90 Å². The third-order valence-corrected chi connectivity index (χ3v) is 3.22. The van der Waals surface area contributed by atoms with Gasteiger partial charge in [0.05, 0.1) is 4.47 Å². The molecule has 0 bridgehead atoms. The molecule has 4 heteroatoms. The Hall–Kier alpha value is -0.0900. The largest absolute Gasteiger partial charge is 0.359 e. The van der Waals surface area contributed by atoms with Crippen molar-refractivity contribution in [1.29, 1.82) is 0 Å². The van der Waals surface area contributed by atoms with E-state index in [9.17, 15) is 0 Å². The van der Waals surface area contributed by atoms with Gasteiger partial charge in [-0.25, -0.2) is 4.98 Å². The van der Waals surface area contributed by atoms with Crippen LogP contribution in [-0.2, 0) is 0 Å². The highest BCUT2D eigenvalue weighted by molar-refractivity contribution is 9.10. The van der Waals surface area contributed by atoms with Crippen LogP contribution in [0.1, 0.15) is 18.9 Å². The molecule has 0 N–H and O–H groups in total. The first-order chi connectivity index (χ1) is 7.00. The van der Waals surface area contributed by atoms with Crippen molar-refractivity contribution in [3.8, 4) is 0 Å². The van der Waals surface area contributed by atoms with Gasteiger partial charge in [0.15, 0.2) is 0 Å². The number of rotatable bonds is 4. The van der Waals surface area contributed by atoms with E-state index in [1.54, 1.807) is 0 Å². The molecule has 1 aromatic heterocycles. The molecule has 1 atom stereocenters. The van der Waals surface area contributed by atoms with Gasteiger partial charge in [-0.3, -0.25) is 0 Å². The predicted octanol–water partition coefficient (Wildman–Crippen LogP) is 3.76. The van der Waals surface area contributed by atoms with Gasteiger partial charge in [0.25, 0.3) is 0 Å². The Labute approximate surface area is 108 Å². The molecule has 0 aliphatic heterocycles. The van der Waals surface area contributed by atoms with Crippen LogP contribution in [0.15, 0.2) is 16.7 Å². The monoisotopic (exact) mass is 334 g/mol. The van der Waals surface area contributed by atoms with E-state index < -0.39 is 0 Å². The molecule has 0 aliphatic rings. The molecular weight excluding hydrogens is 320 g/mol. The van der Waals surface area contributed by atoms with Crippen molar-refractivity contribution in [2.75, 3.05) is 18.5 Å². The lowest BCUT2D eigenvalue weighted by Gasteiger charge is -2.20. The van der Waals surface area contributed by atoms with Crippen LogP contribution < -0.4 is 4.90 Å². The lowest BCUT2D eigenvalue weighted by molar-refractivity contribution is 0.777. The molecule has 1 unspecified atom stereocenters. The van der Waals surface area contributed by atoms with Crippen LogP contribution in [0.4, 0.5) is 5.82 Å². The molecular formula is C11H16Br2N2. The minimum atomic E-state index is 0.546. The molecule has 2 nitrogen and oxygen atoms in total. The molecule has 1 aromatic rings. The second-order valence-corrected chi connectivity index (χ2v) is 6.23. The maximum absolute atomic E-state index is 4.42. The molecule has 0 saturated carbocycles. The normalized spacial score (nSPS) is 12.6. The summed E-state index contributed by atoms with van der Waals surface area (Å²) < 4.78 is 1.06. The van der Waals surface area contributed by atoms with Crippen LogP contribution in [0.2, 0.25) is 0 Å². The molecule has 15 heavy (non-hydrogen) atoms. The molecule has 0 fully saturated rings. The van der Waals surface area contributed by atoms with Crippen molar-refractivity contribution in [2.24, 2.45) is 0 Å². The number of alkyl halides is 1. The van der Waals surface area contributed by atoms with Gasteiger partial charge >= 0.3 is 0 Å². The maximum Gasteiger partial charge on any atom is 0.142 e. The maximum atomic E-state index is 4.42. The van der Waals surface area contributed by atoms with Gasteiger partial charge in [0.2, 0.25) is 0 Å². The van der Waals surface area contributed by atoms with Gasteiger partial charge in [-0.1, -0.05) is 22.9 Å². The highest BCUT2D eigenvalue weighted by atomic mass is 79.9. The molecule has 0 amide bonds. The molecule has 0 aliphatic carbocycles. The predicted molar refractivity (Wildman–Crippen MR) is 73.0 cm³/mol. The number of anilines is 1. The molecule has 0 saturated heterocycles. The summed E-state index contributed by atoms with van der Waals surface area (Å²) in [4.78, 5) is 7.13. The first-order valence-corrected chi connectivity index (χ1v) is 6.69. The van der Waals surface area contributed by atoms with Crippen molar-refractivity contribution in [3.63, 3.8) is 0 Å². The summed E-state index contributed by atoms with van der Waals surface area (Å²) in [7, 11) is 2.07. The van der Waals surface area contributed by atoms with Crippen LogP contribution in [0.25, 0.3) is 0 Å². The van der Waals surface area contributed by atoms with Crippen LogP contribution in [-0.4, -0.2) is 23.4 Å². The van der Waals surface area contributed by atoms with E-state index in [1.807, 2.05) is 13.1 Å². The van der Waals surface area contributed by atoms with Crippen LogP contribution in [0, 0.1) is 6.92 Å². The van der Waals surface area contributed by atoms with Crippen molar-refractivity contribution in [1.82, 2.24) is 4.98 Å². The zero-order chi connectivity index (χ0) is 11.4. The molecule has 0 aromatic carbocycles. The van der Waals surface area contributed by atoms with Gasteiger partial charge in [0.1, 0.15) is 5.82 Å². The van der Waals surface area contributed by atoms with Gasteiger partial charge in [-0.15, -0.1) is 0 Å². The SMILES string of the molecule is Cc1cnc(N(C)CCC(C)Br)c(Br)c1. The van der Waals surface area contributed by atoms with Crippen LogP contribution in [0.5, 0.6) is 0 Å². The molecule has 0 radical (unpaired) electrons. The number of aromatic nitrogens is 1. The average molecular weight is 336 g/mol. The Bertz CT molecular complexity index is 326. The smallest absolute Gasteiger partial charge is 0.142 e. The highest BCUT2D eigenvalue weighted by Crippen LogP contribution is 2.23. The lowest BCUT2D eigenvalue weighted by atomic mass is 10.3. The minimum Gasteiger partial charge on any atom is -0.359 e. The van der Waals surface area contributed by atoms with Crippen LogP contribution in [0.3, 0.4) is 0 Å². The second kappa shape index (κ2) is 5.85. The van der Waals surface area contributed by atoms with E-state index in [1.165, 1.54) is 5.56 Å². The fraction of sp³-hybridized carbons (Fsp3) is 0.545.